The topological polar surface area (TPSA) is 29.0 Å². The lowest BCUT2D eigenvalue weighted by atomic mass is 10.3. The Morgan fingerprint density at radius 2 is 2.29 bits per heavy atom. The molecular formula is C9H14BrN3S. The van der Waals surface area contributed by atoms with Crippen LogP contribution in [-0.2, 0) is 0 Å². The average molecular weight is 276 g/mol. The highest BCUT2D eigenvalue weighted by Crippen LogP contribution is 2.33. The second-order valence-corrected chi connectivity index (χ2v) is 5.96. The van der Waals surface area contributed by atoms with E-state index in [0.29, 0.717) is 0 Å². The summed E-state index contributed by atoms with van der Waals surface area (Å²) in [7, 11) is 0. The molecule has 1 aliphatic rings. The van der Waals surface area contributed by atoms with Gasteiger partial charge in [0.1, 0.15) is 0 Å². The number of aromatic nitrogens is 2. The lowest BCUT2D eigenvalue weighted by Gasteiger charge is -2.19. The first-order valence-corrected chi connectivity index (χ1v) is 6.64. The molecule has 1 saturated carbocycles. The maximum absolute atomic E-state index is 4.16. The summed E-state index contributed by atoms with van der Waals surface area (Å²) in [5.41, 5.74) is 0. The van der Waals surface area contributed by atoms with Crippen molar-refractivity contribution in [2.75, 3.05) is 18.0 Å². The third kappa shape index (κ3) is 2.67. The molecule has 1 heterocycles. The van der Waals surface area contributed by atoms with Crippen LogP contribution >= 0.6 is 27.3 Å². The minimum absolute atomic E-state index is 0.879. The molecule has 1 aromatic rings. The second kappa shape index (κ2) is 4.57. The summed E-state index contributed by atoms with van der Waals surface area (Å²) in [5.74, 6) is 0.907. The van der Waals surface area contributed by atoms with Crippen LogP contribution in [0.2, 0.25) is 0 Å². The zero-order valence-electron chi connectivity index (χ0n) is 8.24. The van der Waals surface area contributed by atoms with Crippen LogP contribution in [0.3, 0.4) is 0 Å². The summed E-state index contributed by atoms with van der Waals surface area (Å²) in [4.78, 5) is 2.36. The highest BCUT2D eigenvalue weighted by molar-refractivity contribution is 9.11. The highest BCUT2D eigenvalue weighted by Gasteiger charge is 2.25. The van der Waals surface area contributed by atoms with E-state index in [9.17, 15) is 0 Å². The van der Waals surface area contributed by atoms with E-state index in [1.165, 1.54) is 19.3 Å². The molecule has 1 fully saturated rings. The van der Waals surface area contributed by atoms with E-state index in [4.69, 9.17) is 0 Å². The number of nitrogens with zero attached hydrogens (tertiary/aromatic N) is 3. The van der Waals surface area contributed by atoms with Crippen molar-refractivity contribution in [1.29, 1.82) is 0 Å². The zero-order chi connectivity index (χ0) is 9.97. The van der Waals surface area contributed by atoms with E-state index in [2.05, 4.69) is 38.0 Å². The molecule has 0 bridgehead atoms. The van der Waals surface area contributed by atoms with Gasteiger partial charge in [0.05, 0.1) is 0 Å². The minimum atomic E-state index is 0.879. The van der Waals surface area contributed by atoms with Gasteiger partial charge in [0.15, 0.2) is 3.92 Å². The fourth-order valence-electron chi connectivity index (χ4n) is 1.47. The standard InChI is InChI=1S/C9H14BrN3S/c1-2-5-13(6-7-3-4-7)9-12-11-8(10)14-9/h7H,2-6H2,1H3. The van der Waals surface area contributed by atoms with Crippen LogP contribution in [0, 0.1) is 5.92 Å². The van der Waals surface area contributed by atoms with Crippen LogP contribution < -0.4 is 4.90 Å². The van der Waals surface area contributed by atoms with Gasteiger partial charge < -0.3 is 4.90 Å². The van der Waals surface area contributed by atoms with Gasteiger partial charge in [0.25, 0.3) is 0 Å². The van der Waals surface area contributed by atoms with Crippen molar-refractivity contribution >= 4 is 32.4 Å². The van der Waals surface area contributed by atoms with E-state index in [0.717, 1.165) is 28.1 Å². The Labute approximate surface area is 96.7 Å². The van der Waals surface area contributed by atoms with Gasteiger partial charge in [-0.3, -0.25) is 0 Å². The predicted molar refractivity (Wildman–Crippen MR) is 62.8 cm³/mol. The van der Waals surface area contributed by atoms with E-state index in [-0.39, 0.29) is 0 Å². The largest absolute Gasteiger partial charge is 0.346 e. The van der Waals surface area contributed by atoms with E-state index in [1.54, 1.807) is 11.3 Å². The first kappa shape index (κ1) is 10.4. The van der Waals surface area contributed by atoms with Crippen LogP contribution in [0.1, 0.15) is 26.2 Å². The molecule has 0 aromatic carbocycles. The van der Waals surface area contributed by atoms with Crippen molar-refractivity contribution < 1.29 is 0 Å². The summed E-state index contributed by atoms with van der Waals surface area (Å²) < 4.78 is 0.879. The van der Waals surface area contributed by atoms with Gasteiger partial charge in [-0.25, -0.2) is 0 Å². The fraction of sp³-hybridized carbons (Fsp3) is 0.778. The van der Waals surface area contributed by atoms with Gasteiger partial charge in [0, 0.05) is 13.1 Å². The maximum atomic E-state index is 4.16. The quantitative estimate of drug-likeness (QED) is 0.828. The molecule has 0 unspecified atom stereocenters. The van der Waals surface area contributed by atoms with Gasteiger partial charge in [-0.15, -0.1) is 10.2 Å². The second-order valence-electron chi connectivity index (χ2n) is 3.73. The molecule has 78 valence electrons. The Bertz CT molecular complexity index is 298. The van der Waals surface area contributed by atoms with Gasteiger partial charge in [-0.05, 0) is 41.1 Å². The molecule has 1 aromatic heterocycles. The summed E-state index contributed by atoms with van der Waals surface area (Å²) in [6.45, 7) is 4.46. The van der Waals surface area contributed by atoms with Crippen molar-refractivity contribution in [3.8, 4) is 0 Å². The first-order valence-electron chi connectivity index (χ1n) is 5.03. The van der Waals surface area contributed by atoms with Crippen LogP contribution in [0.4, 0.5) is 5.13 Å². The summed E-state index contributed by atoms with van der Waals surface area (Å²) in [6.07, 6.45) is 3.95. The normalized spacial score (nSPS) is 15.9. The van der Waals surface area contributed by atoms with Crippen molar-refractivity contribution in [2.45, 2.75) is 26.2 Å². The molecule has 0 atom stereocenters. The van der Waals surface area contributed by atoms with Gasteiger partial charge in [-0.2, -0.15) is 0 Å². The van der Waals surface area contributed by atoms with Crippen LogP contribution in [0.25, 0.3) is 0 Å². The molecule has 0 amide bonds. The molecule has 0 spiro atoms. The van der Waals surface area contributed by atoms with E-state index >= 15 is 0 Å². The smallest absolute Gasteiger partial charge is 0.209 e. The van der Waals surface area contributed by atoms with E-state index < -0.39 is 0 Å². The average Bonchev–Trinajstić information content (AvgIpc) is 2.87. The Kier molecular flexibility index (Phi) is 3.38. The van der Waals surface area contributed by atoms with Crippen molar-refractivity contribution in [1.82, 2.24) is 10.2 Å². The maximum Gasteiger partial charge on any atom is 0.209 e. The van der Waals surface area contributed by atoms with Gasteiger partial charge >= 0.3 is 0 Å². The first-order chi connectivity index (χ1) is 6.79. The Morgan fingerprint density at radius 3 is 2.79 bits per heavy atom. The van der Waals surface area contributed by atoms with Crippen molar-refractivity contribution in [2.24, 2.45) is 5.92 Å². The predicted octanol–water partition coefficient (Wildman–Crippen LogP) is 2.93. The van der Waals surface area contributed by atoms with Crippen LogP contribution in [-0.4, -0.2) is 23.3 Å². The van der Waals surface area contributed by atoms with E-state index in [1.807, 2.05) is 0 Å². The van der Waals surface area contributed by atoms with Crippen molar-refractivity contribution in [3.63, 3.8) is 0 Å². The summed E-state index contributed by atoms with van der Waals surface area (Å²) in [6, 6.07) is 0. The fourth-order valence-corrected chi connectivity index (χ4v) is 2.60. The van der Waals surface area contributed by atoms with Gasteiger partial charge in [-0.1, -0.05) is 18.3 Å². The van der Waals surface area contributed by atoms with Crippen molar-refractivity contribution in [3.05, 3.63) is 3.92 Å². The third-order valence-corrected chi connectivity index (χ3v) is 3.75. The van der Waals surface area contributed by atoms with Crippen LogP contribution in [0.15, 0.2) is 3.92 Å². The zero-order valence-corrected chi connectivity index (χ0v) is 10.6. The summed E-state index contributed by atoms with van der Waals surface area (Å²) >= 11 is 4.98. The molecule has 0 saturated heterocycles. The van der Waals surface area contributed by atoms with Gasteiger partial charge in [0.2, 0.25) is 5.13 Å². The molecule has 14 heavy (non-hydrogen) atoms. The Balaban J connectivity index is 2.00. The number of hydrogen-bond donors (Lipinski definition) is 0. The van der Waals surface area contributed by atoms with Crippen LogP contribution in [0.5, 0.6) is 0 Å². The molecular weight excluding hydrogens is 262 g/mol. The summed E-state index contributed by atoms with van der Waals surface area (Å²) in [5, 5.41) is 9.21. The monoisotopic (exact) mass is 275 g/mol. The molecule has 0 N–H and O–H groups in total. The highest BCUT2D eigenvalue weighted by atomic mass is 79.9. The molecule has 0 aliphatic heterocycles. The lowest BCUT2D eigenvalue weighted by Crippen LogP contribution is -2.26. The number of anilines is 1. The number of hydrogen-bond acceptors (Lipinski definition) is 4. The third-order valence-electron chi connectivity index (χ3n) is 2.33. The molecule has 5 heteroatoms. The SMILES string of the molecule is CCCN(CC1CC1)c1nnc(Br)s1. The Morgan fingerprint density at radius 1 is 1.50 bits per heavy atom. The molecule has 2 rings (SSSR count). The molecule has 0 radical (unpaired) electrons. The number of rotatable bonds is 5. The molecule has 1 aliphatic carbocycles. The number of halogens is 1. The molecule has 3 nitrogen and oxygen atoms in total. The Hall–Kier alpha value is -0.160. The minimum Gasteiger partial charge on any atom is -0.346 e. The lowest BCUT2D eigenvalue weighted by molar-refractivity contribution is 0.701.